The first-order valence-electron chi connectivity index (χ1n) is 7.38. The van der Waals surface area contributed by atoms with E-state index in [0.29, 0.717) is 12.3 Å². The van der Waals surface area contributed by atoms with Crippen molar-refractivity contribution in [1.29, 1.82) is 0 Å². The van der Waals surface area contributed by atoms with E-state index in [1.807, 2.05) is 12.1 Å². The van der Waals surface area contributed by atoms with Gasteiger partial charge in [-0.2, -0.15) is 0 Å². The molecule has 1 aromatic carbocycles. The monoisotopic (exact) mass is 310 g/mol. The molecule has 0 atom stereocenters. The number of hydrogen-bond donors (Lipinski definition) is 1. The second kappa shape index (κ2) is 6.67. The largest absolute Gasteiger partial charge is 0.497 e. The van der Waals surface area contributed by atoms with Gasteiger partial charge in [0.15, 0.2) is 0 Å². The summed E-state index contributed by atoms with van der Waals surface area (Å²) in [4.78, 5) is 14.4. The summed E-state index contributed by atoms with van der Waals surface area (Å²) in [6.07, 6.45) is 3.88. The van der Waals surface area contributed by atoms with Gasteiger partial charge >= 0.3 is 0 Å². The lowest BCUT2D eigenvalue weighted by atomic mass is 9.85. The number of nitrogens with zero attached hydrogens (tertiary/aromatic N) is 1. The molecule has 2 heterocycles. The summed E-state index contributed by atoms with van der Waals surface area (Å²) < 4.78 is 5.18. The SMILES string of the molecule is COc1ccc(CN2C(=O)CCC23CCNCC3)cc1.Cl. The molecular formula is C16H23ClN2O2. The molecule has 116 valence electrons. The Morgan fingerprint density at radius 3 is 2.48 bits per heavy atom. The van der Waals surface area contributed by atoms with Gasteiger partial charge in [-0.05, 0) is 50.0 Å². The average Bonchev–Trinajstić information content (AvgIpc) is 2.78. The van der Waals surface area contributed by atoms with Gasteiger partial charge in [0.2, 0.25) is 5.91 Å². The highest BCUT2D eigenvalue weighted by Crippen LogP contribution is 2.38. The van der Waals surface area contributed by atoms with Crippen LogP contribution in [0.2, 0.25) is 0 Å². The summed E-state index contributed by atoms with van der Waals surface area (Å²) in [5.74, 6) is 1.17. The van der Waals surface area contributed by atoms with Crippen LogP contribution in [-0.2, 0) is 11.3 Å². The Labute approximate surface area is 132 Å². The van der Waals surface area contributed by atoms with Crippen molar-refractivity contribution in [3.8, 4) is 5.75 Å². The highest BCUT2D eigenvalue weighted by Gasteiger charge is 2.45. The minimum absolute atomic E-state index is 0. The number of carbonyl (C=O) groups excluding carboxylic acids is 1. The standard InChI is InChI=1S/C16H22N2O2.ClH/c1-20-14-4-2-13(3-5-14)12-18-15(19)6-7-16(18)8-10-17-11-9-16;/h2-5,17H,6-12H2,1H3;1H. The lowest BCUT2D eigenvalue weighted by molar-refractivity contribution is -0.132. The highest BCUT2D eigenvalue weighted by atomic mass is 35.5. The van der Waals surface area contributed by atoms with Crippen LogP contribution in [-0.4, -0.2) is 36.5 Å². The fraction of sp³-hybridized carbons (Fsp3) is 0.562. The molecule has 2 aliphatic rings. The number of nitrogens with one attached hydrogen (secondary N) is 1. The van der Waals surface area contributed by atoms with Crippen LogP contribution >= 0.6 is 12.4 Å². The van der Waals surface area contributed by atoms with Gasteiger partial charge in [0.25, 0.3) is 0 Å². The van der Waals surface area contributed by atoms with Crippen molar-refractivity contribution < 1.29 is 9.53 Å². The second-order valence-electron chi connectivity index (χ2n) is 5.80. The number of amides is 1. The van der Waals surface area contributed by atoms with Gasteiger partial charge in [0.1, 0.15) is 5.75 Å². The molecule has 3 rings (SSSR count). The van der Waals surface area contributed by atoms with Crippen molar-refractivity contribution in [2.75, 3.05) is 20.2 Å². The average molecular weight is 311 g/mol. The summed E-state index contributed by atoms with van der Waals surface area (Å²) in [6.45, 7) is 2.77. The summed E-state index contributed by atoms with van der Waals surface area (Å²) in [6, 6.07) is 8.04. The van der Waals surface area contributed by atoms with E-state index in [0.717, 1.165) is 44.6 Å². The molecule has 21 heavy (non-hydrogen) atoms. The number of piperidine rings is 1. The molecule has 2 fully saturated rings. The number of methoxy groups -OCH3 is 1. The molecule has 0 saturated carbocycles. The maximum absolute atomic E-state index is 12.3. The molecule has 4 nitrogen and oxygen atoms in total. The Hall–Kier alpha value is -1.26. The minimum atomic E-state index is 0. The predicted octanol–water partition coefficient (Wildman–Crippen LogP) is 2.36. The van der Waals surface area contributed by atoms with Crippen LogP contribution in [0, 0.1) is 0 Å². The topological polar surface area (TPSA) is 41.6 Å². The van der Waals surface area contributed by atoms with Gasteiger partial charge in [0.05, 0.1) is 7.11 Å². The van der Waals surface area contributed by atoms with Crippen molar-refractivity contribution in [2.24, 2.45) is 0 Å². The van der Waals surface area contributed by atoms with Gasteiger partial charge < -0.3 is 15.0 Å². The third kappa shape index (κ3) is 3.16. The maximum atomic E-state index is 12.3. The quantitative estimate of drug-likeness (QED) is 0.932. The third-order valence-corrected chi connectivity index (χ3v) is 4.71. The molecule has 2 aliphatic heterocycles. The summed E-state index contributed by atoms with van der Waals surface area (Å²) in [7, 11) is 1.67. The fourth-order valence-corrected chi connectivity index (χ4v) is 3.46. The normalized spacial score (nSPS) is 20.4. The molecule has 1 spiro atoms. The van der Waals surface area contributed by atoms with Crippen LogP contribution in [0.15, 0.2) is 24.3 Å². The van der Waals surface area contributed by atoms with Gasteiger partial charge in [0, 0.05) is 18.5 Å². The third-order valence-electron chi connectivity index (χ3n) is 4.71. The summed E-state index contributed by atoms with van der Waals surface area (Å²) in [5, 5.41) is 3.40. The number of rotatable bonds is 3. The molecule has 0 radical (unpaired) electrons. The Kier molecular flexibility index (Phi) is 5.12. The molecule has 5 heteroatoms. The Morgan fingerprint density at radius 2 is 1.86 bits per heavy atom. The molecule has 1 N–H and O–H groups in total. The van der Waals surface area contributed by atoms with E-state index >= 15 is 0 Å². The van der Waals surface area contributed by atoms with Crippen molar-refractivity contribution in [2.45, 2.75) is 37.8 Å². The first kappa shape index (κ1) is 16.1. The van der Waals surface area contributed by atoms with Gasteiger partial charge in [-0.15, -0.1) is 12.4 Å². The van der Waals surface area contributed by atoms with E-state index in [2.05, 4.69) is 22.3 Å². The summed E-state index contributed by atoms with van der Waals surface area (Å²) in [5.41, 5.74) is 1.28. The second-order valence-corrected chi connectivity index (χ2v) is 5.80. The predicted molar refractivity (Wildman–Crippen MR) is 84.9 cm³/mol. The van der Waals surface area contributed by atoms with E-state index < -0.39 is 0 Å². The Bertz CT molecular complexity index is 484. The maximum Gasteiger partial charge on any atom is 0.223 e. The van der Waals surface area contributed by atoms with Crippen LogP contribution in [0.25, 0.3) is 0 Å². The first-order valence-corrected chi connectivity index (χ1v) is 7.38. The zero-order valence-corrected chi connectivity index (χ0v) is 13.2. The number of hydrogen-bond acceptors (Lipinski definition) is 3. The van der Waals surface area contributed by atoms with Crippen LogP contribution < -0.4 is 10.1 Å². The number of carbonyl (C=O) groups is 1. The lowest BCUT2D eigenvalue weighted by Gasteiger charge is -2.42. The number of halogens is 1. The van der Waals surface area contributed by atoms with Crippen LogP contribution in [0.3, 0.4) is 0 Å². The van der Waals surface area contributed by atoms with Crippen molar-refractivity contribution in [3.63, 3.8) is 0 Å². The number of likely N-dealkylation sites (tertiary alicyclic amines) is 1. The van der Waals surface area contributed by atoms with Crippen LogP contribution in [0.1, 0.15) is 31.2 Å². The number of ether oxygens (including phenoxy) is 1. The van der Waals surface area contributed by atoms with Gasteiger partial charge in [-0.1, -0.05) is 12.1 Å². The highest BCUT2D eigenvalue weighted by molar-refractivity contribution is 5.85. The van der Waals surface area contributed by atoms with Crippen molar-refractivity contribution in [1.82, 2.24) is 10.2 Å². The molecule has 1 amide bonds. The smallest absolute Gasteiger partial charge is 0.223 e. The minimum Gasteiger partial charge on any atom is -0.497 e. The molecule has 0 aromatic heterocycles. The molecule has 0 unspecified atom stereocenters. The van der Waals surface area contributed by atoms with E-state index in [9.17, 15) is 4.79 Å². The van der Waals surface area contributed by atoms with Crippen LogP contribution in [0.5, 0.6) is 5.75 Å². The zero-order chi connectivity index (χ0) is 14.0. The van der Waals surface area contributed by atoms with Crippen molar-refractivity contribution in [3.05, 3.63) is 29.8 Å². The van der Waals surface area contributed by atoms with Gasteiger partial charge in [-0.25, -0.2) is 0 Å². The van der Waals surface area contributed by atoms with Crippen molar-refractivity contribution >= 4 is 18.3 Å². The molecule has 1 aromatic rings. The van der Waals surface area contributed by atoms with E-state index in [-0.39, 0.29) is 17.9 Å². The van der Waals surface area contributed by atoms with E-state index in [1.54, 1.807) is 7.11 Å². The Balaban J connectivity index is 0.00000161. The summed E-state index contributed by atoms with van der Waals surface area (Å²) >= 11 is 0. The molecule has 0 bridgehead atoms. The van der Waals surface area contributed by atoms with E-state index in [1.165, 1.54) is 5.56 Å². The number of benzene rings is 1. The zero-order valence-electron chi connectivity index (χ0n) is 12.4. The lowest BCUT2D eigenvalue weighted by Crippen LogP contribution is -2.51. The molecule has 0 aliphatic carbocycles. The molecular weight excluding hydrogens is 288 g/mol. The Morgan fingerprint density at radius 1 is 1.19 bits per heavy atom. The first-order chi connectivity index (χ1) is 9.73. The van der Waals surface area contributed by atoms with Gasteiger partial charge in [-0.3, -0.25) is 4.79 Å². The fourth-order valence-electron chi connectivity index (χ4n) is 3.46. The van der Waals surface area contributed by atoms with Crippen LogP contribution in [0.4, 0.5) is 0 Å². The molecule has 2 saturated heterocycles. The van der Waals surface area contributed by atoms with E-state index in [4.69, 9.17) is 4.74 Å².